The van der Waals surface area contributed by atoms with Gasteiger partial charge in [-0.15, -0.1) is 0 Å². The average Bonchev–Trinajstić information content (AvgIpc) is 3.11. The van der Waals surface area contributed by atoms with Gasteiger partial charge in [0.1, 0.15) is 11.4 Å². The van der Waals surface area contributed by atoms with Crippen LogP contribution in [0.3, 0.4) is 0 Å². The van der Waals surface area contributed by atoms with E-state index in [-0.39, 0.29) is 11.3 Å². The van der Waals surface area contributed by atoms with Crippen LogP contribution in [0, 0.1) is 52.3 Å². The molecule has 166 valence electrons. The Morgan fingerprint density at radius 2 is 1.68 bits per heavy atom. The number of Topliss-reactive ketones (excluding diaryl/α,β-unsaturated/α-hetero) is 1. The highest BCUT2D eigenvalue weighted by Gasteiger charge is 2.61. The lowest BCUT2D eigenvalue weighted by Gasteiger charge is -2.61. The highest BCUT2D eigenvalue weighted by atomic mass is 16.3. The summed E-state index contributed by atoms with van der Waals surface area (Å²) in [5.74, 6) is 10.0. The zero-order valence-electron chi connectivity index (χ0n) is 19.5. The Hall–Kier alpha value is -1.59. The maximum Gasteiger partial charge on any atom is 0.133 e. The third-order valence-corrected chi connectivity index (χ3v) is 10.4. The minimum absolute atomic E-state index is 0.229. The fraction of sp³-hybridized carbons (Fsp3) is 0.690. The quantitative estimate of drug-likeness (QED) is 0.567. The van der Waals surface area contributed by atoms with E-state index in [1.165, 1.54) is 32.1 Å². The van der Waals surface area contributed by atoms with Crippen LogP contribution in [0.1, 0.15) is 84.1 Å². The van der Waals surface area contributed by atoms with E-state index in [0.29, 0.717) is 17.1 Å². The van der Waals surface area contributed by atoms with E-state index in [1.807, 2.05) is 37.3 Å². The maximum atomic E-state index is 12.4. The first-order valence-electron chi connectivity index (χ1n) is 12.6. The molecule has 5 rings (SSSR count). The summed E-state index contributed by atoms with van der Waals surface area (Å²) in [5, 5.41) is 11.4. The summed E-state index contributed by atoms with van der Waals surface area (Å²) in [6.45, 7) is 6.78. The highest BCUT2D eigenvalue weighted by molar-refractivity contribution is 5.79. The van der Waals surface area contributed by atoms with Crippen LogP contribution in [0.4, 0.5) is 0 Å². The fourth-order valence-electron chi connectivity index (χ4n) is 8.74. The number of benzene rings is 1. The summed E-state index contributed by atoms with van der Waals surface area (Å²) in [5.41, 5.74) is 0.690. The average molecular weight is 419 g/mol. The number of carbonyl (C=O) groups is 1. The van der Waals surface area contributed by atoms with Crippen molar-refractivity contribution in [3.05, 3.63) is 35.9 Å². The number of rotatable bonds is 1. The van der Waals surface area contributed by atoms with Crippen LogP contribution in [0.5, 0.6) is 0 Å². The molecule has 0 spiro atoms. The molecule has 8 atom stereocenters. The van der Waals surface area contributed by atoms with Gasteiger partial charge in [0, 0.05) is 11.5 Å². The van der Waals surface area contributed by atoms with Gasteiger partial charge in [-0.3, -0.25) is 4.79 Å². The first-order chi connectivity index (χ1) is 14.8. The normalized spacial score (nSPS) is 46.1. The van der Waals surface area contributed by atoms with Crippen LogP contribution in [-0.4, -0.2) is 16.5 Å². The molecule has 4 fully saturated rings. The zero-order valence-corrected chi connectivity index (χ0v) is 19.5. The summed E-state index contributed by atoms with van der Waals surface area (Å²) >= 11 is 0. The van der Waals surface area contributed by atoms with Crippen LogP contribution in [-0.2, 0) is 4.79 Å². The van der Waals surface area contributed by atoms with E-state index >= 15 is 0 Å². The molecule has 31 heavy (non-hydrogen) atoms. The summed E-state index contributed by atoms with van der Waals surface area (Å²) in [6, 6.07) is 10.0. The first kappa shape index (κ1) is 21.3. The van der Waals surface area contributed by atoms with Crippen molar-refractivity contribution in [2.24, 2.45) is 40.4 Å². The van der Waals surface area contributed by atoms with Crippen LogP contribution in [0.25, 0.3) is 0 Å². The minimum atomic E-state index is -0.844. The lowest BCUT2D eigenvalue weighted by molar-refractivity contribution is -0.144. The van der Waals surface area contributed by atoms with E-state index in [2.05, 4.69) is 25.7 Å². The molecule has 0 saturated heterocycles. The molecule has 4 aliphatic rings. The number of aliphatic hydroxyl groups is 1. The monoisotopic (exact) mass is 418 g/mol. The third kappa shape index (κ3) is 3.39. The smallest absolute Gasteiger partial charge is 0.133 e. The zero-order chi connectivity index (χ0) is 21.9. The van der Waals surface area contributed by atoms with E-state index in [4.69, 9.17) is 0 Å². The molecule has 0 heterocycles. The van der Waals surface area contributed by atoms with Gasteiger partial charge in [-0.2, -0.15) is 0 Å². The van der Waals surface area contributed by atoms with Crippen molar-refractivity contribution in [2.45, 2.75) is 84.2 Å². The molecule has 1 N–H and O–H groups in total. The number of ketones is 1. The standard InChI is InChI=1S/C29H38O2/c1-20(30)24-11-12-25-23-10-9-22-19-29(31,16-13-21-7-5-4-6-8-21)18-17-27(22,2)26(23)14-15-28(24,25)3/h4-8,22-26,31H,9-12,14-15,17-19H2,1-3H3/t22?,23-,24+,25-,26-,27-,28+,29?/m0/s1. The van der Waals surface area contributed by atoms with E-state index in [0.717, 1.165) is 49.0 Å². The Morgan fingerprint density at radius 3 is 2.42 bits per heavy atom. The van der Waals surface area contributed by atoms with Gasteiger partial charge in [-0.25, -0.2) is 0 Å². The molecule has 0 amide bonds. The van der Waals surface area contributed by atoms with Crippen molar-refractivity contribution in [1.29, 1.82) is 0 Å². The second-order valence-electron chi connectivity index (χ2n) is 11.8. The topological polar surface area (TPSA) is 37.3 Å². The molecule has 1 aromatic carbocycles. The second kappa shape index (κ2) is 7.48. The molecule has 1 aromatic rings. The molecular formula is C29H38O2. The second-order valence-corrected chi connectivity index (χ2v) is 11.8. The van der Waals surface area contributed by atoms with Crippen molar-refractivity contribution in [3.63, 3.8) is 0 Å². The summed E-state index contributed by atoms with van der Waals surface area (Å²) in [4.78, 5) is 12.4. The number of hydrogen-bond acceptors (Lipinski definition) is 2. The fourth-order valence-corrected chi connectivity index (χ4v) is 8.74. The molecule has 2 heteroatoms. The third-order valence-electron chi connectivity index (χ3n) is 10.4. The van der Waals surface area contributed by atoms with Crippen LogP contribution in [0.2, 0.25) is 0 Å². The Bertz CT molecular complexity index is 910. The SMILES string of the molecule is CC(=O)[C@H]1CC[C@H]2[C@@H]3CCC4CC(O)(C#Cc5ccccc5)CC[C@]4(C)[C@H]3CC[C@]12C. The molecular weight excluding hydrogens is 380 g/mol. The number of hydrogen-bond donors (Lipinski definition) is 1. The van der Waals surface area contributed by atoms with Gasteiger partial charge < -0.3 is 5.11 Å². The van der Waals surface area contributed by atoms with Crippen molar-refractivity contribution in [3.8, 4) is 11.8 Å². The van der Waals surface area contributed by atoms with E-state index in [1.54, 1.807) is 0 Å². The van der Waals surface area contributed by atoms with E-state index < -0.39 is 5.60 Å². The lowest BCUT2D eigenvalue weighted by atomic mass is 9.44. The molecule has 2 nitrogen and oxygen atoms in total. The molecule has 4 aliphatic carbocycles. The van der Waals surface area contributed by atoms with Crippen molar-refractivity contribution >= 4 is 5.78 Å². The molecule has 0 bridgehead atoms. The van der Waals surface area contributed by atoms with Gasteiger partial charge in [-0.05, 0) is 111 Å². The summed E-state index contributed by atoms with van der Waals surface area (Å²) < 4.78 is 0. The highest BCUT2D eigenvalue weighted by Crippen LogP contribution is 2.68. The van der Waals surface area contributed by atoms with Gasteiger partial charge in [0.15, 0.2) is 0 Å². The Balaban J connectivity index is 1.35. The van der Waals surface area contributed by atoms with Gasteiger partial charge in [0.05, 0.1) is 0 Å². The Morgan fingerprint density at radius 1 is 0.935 bits per heavy atom. The summed E-state index contributed by atoms with van der Waals surface area (Å²) in [6.07, 6.45) is 10.0. The lowest BCUT2D eigenvalue weighted by Crippen LogP contribution is -2.56. The van der Waals surface area contributed by atoms with Crippen LogP contribution >= 0.6 is 0 Å². The summed E-state index contributed by atoms with van der Waals surface area (Å²) in [7, 11) is 0. The van der Waals surface area contributed by atoms with Crippen molar-refractivity contribution < 1.29 is 9.90 Å². The maximum absolute atomic E-state index is 12.4. The molecule has 0 aromatic heterocycles. The van der Waals surface area contributed by atoms with Gasteiger partial charge in [0.2, 0.25) is 0 Å². The number of carbonyl (C=O) groups excluding carboxylic acids is 1. The molecule has 0 aliphatic heterocycles. The van der Waals surface area contributed by atoms with Crippen molar-refractivity contribution in [2.75, 3.05) is 0 Å². The molecule has 0 radical (unpaired) electrons. The van der Waals surface area contributed by atoms with Gasteiger partial charge in [-0.1, -0.05) is 43.9 Å². The van der Waals surface area contributed by atoms with Crippen LogP contribution < -0.4 is 0 Å². The predicted octanol–water partition coefficient (Wildman–Crippen LogP) is 6.02. The Labute approximate surface area is 188 Å². The molecule has 2 unspecified atom stereocenters. The van der Waals surface area contributed by atoms with Crippen LogP contribution in [0.15, 0.2) is 30.3 Å². The van der Waals surface area contributed by atoms with Gasteiger partial charge >= 0.3 is 0 Å². The van der Waals surface area contributed by atoms with Gasteiger partial charge in [0.25, 0.3) is 0 Å². The Kier molecular flexibility index (Phi) is 5.13. The molecule has 4 saturated carbocycles. The largest absolute Gasteiger partial charge is 0.378 e. The number of fused-ring (bicyclic) bond motifs is 5. The first-order valence-corrected chi connectivity index (χ1v) is 12.6. The van der Waals surface area contributed by atoms with Crippen molar-refractivity contribution in [1.82, 2.24) is 0 Å². The van der Waals surface area contributed by atoms with E-state index in [9.17, 15) is 9.90 Å². The predicted molar refractivity (Wildman–Crippen MR) is 124 cm³/mol. The minimum Gasteiger partial charge on any atom is -0.378 e.